The molecule has 1 rings (SSSR count). The maximum atomic E-state index is 12.0. The first-order chi connectivity index (χ1) is 11.1. The van der Waals surface area contributed by atoms with Crippen LogP contribution in [0.5, 0.6) is 0 Å². The van der Waals surface area contributed by atoms with Crippen LogP contribution in [0, 0.1) is 10.1 Å². The van der Waals surface area contributed by atoms with Crippen LogP contribution >= 0.6 is 0 Å². The fraction of sp³-hybridized carbons (Fsp3) is 0.545. The molecule has 0 aromatic carbocycles. The summed E-state index contributed by atoms with van der Waals surface area (Å²) >= 11 is 0. The van der Waals surface area contributed by atoms with Gasteiger partial charge in [-0.25, -0.2) is 4.79 Å². The molecule has 2 N–H and O–H groups in total. The van der Waals surface area contributed by atoms with E-state index in [9.17, 15) is 32.9 Å². The van der Waals surface area contributed by atoms with Crippen molar-refractivity contribution in [1.82, 2.24) is 9.78 Å². The number of alkyl halides is 3. The summed E-state index contributed by atoms with van der Waals surface area (Å²) in [5.74, 6) is -2.40. The smallest absolute Gasteiger partial charge is 0.391 e. The molecule has 0 radical (unpaired) electrons. The number of amides is 1. The SMILES string of the molecule is COC(=O)c1nn(CCOCCC(F)(F)F)c(C(N)=O)c1[N+](=O)[O-]. The number of nitrogens with zero attached hydrogens (tertiary/aromatic N) is 3. The van der Waals surface area contributed by atoms with E-state index in [4.69, 9.17) is 10.5 Å². The maximum absolute atomic E-state index is 12.0. The summed E-state index contributed by atoms with van der Waals surface area (Å²) in [5, 5.41) is 14.6. The standard InChI is InChI=1S/C11H13F3N4O6/c1-23-10(20)6-7(18(21)22)8(9(15)19)17(16-6)3-5-24-4-2-11(12,13)14/h2-5H2,1H3,(H2,15,19). The number of hydrogen-bond donors (Lipinski definition) is 1. The zero-order valence-electron chi connectivity index (χ0n) is 12.3. The third-order valence-electron chi connectivity index (χ3n) is 2.70. The van der Waals surface area contributed by atoms with E-state index in [1.165, 1.54) is 0 Å². The fourth-order valence-electron chi connectivity index (χ4n) is 1.71. The van der Waals surface area contributed by atoms with Crippen molar-refractivity contribution >= 4 is 17.6 Å². The summed E-state index contributed by atoms with van der Waals surface area (Å²) < 4.78 is 45.7. The largest absolute Gasteiger partial charge is 0.464 e. The second-order valence-electron chi connectivity index (χ2n) is 4.36. The molecule has 1 amide bonds. The van der Waals surface area contributed by atoms with Gasteiger partial charge in [0.2, 0.25) is 11.4 Å². The van der Waals surface area contributed by atoms with Gasteiger partial charge < -0.3 is 15.2 Å². The first kappa shape index (κ1) is 19.3. The fourth-order valence-corrected chi connectivity index (χ4v) is 1.71. The van der Waals surface area contributed by atoms with Crippen molar-refractivity contribution in [2.45, 2.75) is 19.1 Å². The van der Waals surface area contributed by atoms with E-state index in [-0.39, 0.29) is 13.2 Å². The molecule has 0 saturated carbocycles. The first-order valence-corrected chi connectivity index (χ1v) is 6.36. The van der Waals surface area contributed by atoms with Crippen molar-refractivity contribution in [3.63, 3.8) is 0 Å². The van der Waals surface area contributed by atoms with E-state index in [0.29, 0.717) is 0 Å². The predicted octanol–water partition coefficient (Wildman–Crippen LogP) is 0.646. The topological polar surface area (TPSA) is 140 Å². The molecular formula is C11H13F3N4O6. The van der Waals surface area contributed by atoms with Crippen LogP contribution in [0.1, 0.15) is 27.4 Å². The Hall–Kier alpha value is -2.70. The van der Waals surface area contributed by atoms with E-state index in [2.05, 4.69) is 9.84 Å². The summed E-state index contributed by atoms with van der Waals surface area (Å²) in [5.41, 5.74) is 2.68. The lowest BCUT2D eigenvalue weighted by molar-refractivity contribution is -0.385. The van der Waals surface area contributed by atoms with E-state index in [1.807, 2.05) is 0 Å². The van der Waals surface area contributed by atoms with Gasteiger partial charge in [0.15, 0.2) is 0 Å². The number of esters is 1. The van der Waals surface area contributed by atoms with E-state index in [0.717, 1.165) is 11.8 Å². The highest BCUT2D eigenvalue weighted by molar-refractivity contribution is 6.01. The second-order valence-corrected chi connectivity index (χ2v) is 4.36. The van der Waals surface area contributed by atoms with Crippen LogP contribution in [-0.2, 0) is 16.0 Å². The van der Waals surface area contributed by atoms with Gasteiger partial charge in [0.25, 0.3) is 5.91 Å². The third kappa shape index (κ3) is 4.91. The van der Waals surface area contributed by atoms with Crippen LogP contribution in [0.2, 0.25) is 0 Å². The minimum Gasteiger partial charge on any atom is -0.464 e. The number of carbonyl (C=O) groups is 2. The zero-order chi connectivity index (χ0) is 18.5. The number of primary amides is 1. The summed E-state index contributed by atoms with van der Waals surface area (Å²) in [6.07, 6.45) is -5.57. The van der Waals surface area contributed by atoms with Crippen LogP contribution < -0.4 is 5.73 Å². The Kier molecular flexibility index (Phi) is 6.22. The molecule has 1 aromatic heterocycles. The molecule has 1 aromatic rings. The lowest BCUT2D eigenvalue weighted by Gasteiger charge is -2.08. The highest BCUT2D eigenvalue weighted by atomic mass is 19.4. The molecule has 0 saturated heterocycles. The molecule has 0 aliphatic rings. The van der Waals surface area contributed by atoms with Gasteiger partial charge in [-0.1, -0.05) is 0 Å². The van der Waals surface area contributed by atoms with Crippen molar-refractivity contribution in [2.24, 2.45) is 5.73 Å². The molecule has 13 heteroatoms. The molecule has 0 aliphatic carbocycles. The van der Waals surface area contributed by atoms with Gasteiger partial charge in [-0.3, -0.25) is 19.6 Å². The molecule has 0 unspecified atom stereocenters. The normalized spacial score (nSPS) is 11.3. The molecule has 0 atom stereocenters. The van der Waals surface area contributed by atoms with Gasteiger partial charge in [0.05, 0.1) is 38.2 Å². The number of rotatable bonds is 8. The number of nitro groups is 1. The monoisotopic (exact) mass is 354 g/mol. The van der Waals surface area contributed by atoms with E-state index < -0.39 is 53.1 Å². The third-order valence-corrected chi connectivity index (χ3v) is 2.70. The van der Waals surface area contributed by atoms with Gasteiger partial charge in [-0.15, -0.1) is 0 Å². The molecule has 0 fully saturated rings. The highest BCUT2D eigenvalue weighted by Crippen LogP contribution is 2.24. The second kappa shape index (κ2) is 7.72. The first-order valence-electron chi connectivity index (χ1n) is 6.36. The lowest BCUT2D eigenvalue weighted by atomic mass is 10.2. The highest BCUT2D eigenvalue weighted by Gasteiger charge is 2.35. The molecule has 10 nitrogen and oxygen atoms in total. The van der Waals surface area contributed by atoms with Gasteiger partial charge in [-0.05, 0) is 0 Å². The van der Waals surface area contributed by atoms with E-state index in [1.54, 1.807) is 0 Å². The van der Waals surface area contributed by atoms with Gasteiger partial charge >= 0.3 is 17.8 Å². The van der Waals surface area contributed by atoms with Crippen LogP contribution in [0.25, 0.3) is 0 Å². The lowest BCUT2D eigenvalue weighted by Crippen LogP contribution is -2.21. The molecule has 24 heavy (non-hydrogen) atoms. The maximum Gasteiger partial charge on any atom is 0.391 e. The molecule has 0 aliphatic heterocycles. The van der Waals surface area contributed by atoms with Crippen LogP contribution in [0.15, 0.2) is 0 Å². The van der Waals surface area contributed by atoms with Gasteiger partial charge in [0, 0.05) is 0 Å². The minimum atomic E-state index is -4.39. The van der Waals surface area contributed by atoms with E-state index >= 15 is 0 Å². The molecule has 134 valence electrons. The number of nitrogens with two attached hydrogens (primary N) is 1. The summed E-state index contributed by atoms with van der Waals surface area (Å²) in [6.45, 7) is -1.30. The average molecular weight is 354 g/mol. The van der Waals surface area contributed by atoms with Crippen molar-refractivity contribution < 1.29 is 37.2 Å². The minimum absolute atomic E-state index is 0.325. The average Bonchev–Trinajstić information content (AvgIpc) is 2.84. The zero-order valence-corrected chi connectivity index (χ0v) is 12.3. The quantitative estimate of drug-likeness (QED) is 0.313. The summed E-state index contributed by atoms with van der Waals surface area (Å²) in [4.78, 5) is 32.9. The van der Waals surface area contributed by atoms with Gasteiger partial charge in [-0.2, -0.15) is 18.3 Å². The summed E-state index contributed by atoms with van der Waals surface area (Å²) in [6, 6.07) is 0. The molecule has 0 bridgehead atoms. The molecular weight excluding hydrogens is 341 g/mol. The Morgan fingerprint density at radius 2 is 2.00 bits per heavy atom. The number of carbonyl (C=O) groups excluding carboxylic acids is 2. The predicted molar refractivity (Wildman–Crippen MR) is 70.2 cm³/mol. The number of halogens is 3. The van der Waals surface area contributed by atoms with Crippen LogP contribution in [0.4, 0.5) is 18.9 Å². The Labute approximate surface area is 132 Å². The number of methoxy groups -OCH3 is 1. The number of hydrogen-bond acceptors (Lipinski definition) is 7. The van der Waals surface area contributed by atoms with Crippen molar-refractivity contribution in [3.8, 4) is 0 Å². The Bertz CT molecular complexity index is 642. The Balaban J connectivity index is 2.96. The molecule has 1 heterocycles. The summed E-state index contributed by atoms with van der Waals surface area (Å²) in [7, 11) is 0.954. The van der Waals surface area contributed by atoms with Gasteiger partial charge in [0.1, 0.15) is 0 Å². The molecule has 0 spiro atoms. The Morgan fingerprint density at radius 1 is 1.38 bits per heavy atom. The number of aromatic nitrogens is 2. The van der Waals surface area contributed by atoms with Crippen molar-refractivity contribution in [1.29, 1.82) is 0 Å². The number of ether oxygens (including phenoxy) is 2. The van der Waals surface area contributed by atoms with Crippen LogP contribution in [0.3, 0.4) is 0 Å². The Morgan fingerprint density at radius 3 is 2.46 bits per heavy atom. The van der Waals surface area contributed by atoms with Crippen molar-refractivity contribution in [2.75, 3.05) is 20.3 Å². The van der Waals surface area contributed by atoms with Crippen molar-refractivity contribution in [3.05, 3.63) is 21.5 Å². The van der Waals surface area contributed by atoms with Crippen LogP contribution in [-0.4, -0.2) is 53.1 Å².